The summed E-state index contributed by atoms with van der Waals surface area (Å²) in [4.78, 5) is 15.9. The maximum absolute atomic E-state index is 11.6. The van der Waals surface area contributed by atoms with E-state index in [0.29, 0.717) is 13.1 Å². The van der Waals surface area contributed by atoms with Crippen LogP contribution in [0, 0.1) is 0 Å². The van der Waals surface area contributed by atoms with Crippen molar-refractivity contribution in [2.75, 3.05) is 26.2 Å². The summed E-state index contributed by atoms with van der Waals surface area (Å²) in [5.74, 6) is -1.81. The number of hydrogen-bond donors (Lipinski definition) is 8. The Kier molecular flexibility index (Phi) is 3.89. The van der Waals surface area contributed by atoms with Crippen molar-refractivity contribution in [3.8, 4) is 0 Å². The summed E-state index contributed by atoms with van der Waals surface area (Å²) in [6, 6.07) is -1.31. The van der Waals surface area contributed by atoms with Gasteiger partial charge in [-0.1, -0.05) is 0 Å². The maximum Gasteiger partial charge on any atom is 0.407 e. The Labute approximate surface area is 137 Å². The van der Waals surface area contributed by atoms with Crippen molar-refractivity contribution in [3.05, 3.63) is 0 Å². The summed E-state index contributed by atoms with van der Waals surface area (Å²) >= 11 is 0. The molecule has 0 saturated carbocycles. The van der Waals surface area contributed by atoms with Crippen molar-refractivity contribution in [1.29, 1.82) is 0 Å². The smallest absolute Gasteiger partial charge is 0.407 e. The monoisotopic (exact) mass is 343 g/mol. The van der Waals surface area contributed by atoms with Crippen molar-refractivity contribution in [2.24, 2.45) is 22.2 Å². The Morgan fingerprint density at radius 1 is 1.50 bits per heavy atom. The summed E-state index contributed by atoms with van der Waals surface area (Å²) in [7, 11) is 0. The molecule has 1 spiro atoms. The number of carbonyl (C=O) groups excluding carboxylic acids is 1. The number of rotatable bonds is 4. The van der Waals surface area contributed by atoms with E-state index in [4.69, 9.17) is 21.9 Å². The molecule has 12 nitrogen and oxygen atoms in total. The van der Waals surface area contributed by atoms with Gasteiger partial charge in [0, 0.05) is 19.5 Å². The third kappa shape index (κ3) is 2.30. The van der Waals surface area contributed by atoms with Crippen LogP contribution in [-0.2, 0) is 4.74 Å². The topological polar surface area (TPSA) is 196 Å². The van der Waals surface area contributed by atoms with E-state index in [1.807, 2.05) is 0 Å². The van der Waals surface area contributed by atoms with Crippen LogP contribution in [0.2, 0.25) is 0 Å². The first kappa shape index (κ1) is 16.5. The molecule has 1 fully saturated rings. The second-order valence-electron chi connectivity index (χ2n) is 6.02. The lowest BCUT2D eigenvalue weighted by molar-refractivity contribution is -0.623. The second kappa shape index (κ2) is 5.65. The van der Waals surface area contributed by atoms with Crippen LogP contribution in [0.3, 0.4) is 0 Å². The number of amides is 1. The number of alkyl carbamates (subject to hydrolysis) is 1. The highest BCUT2D eigenvalue weighted by Gasteiger charge is 2.71. The van der Waals surface area contributed by atoms with Crippen LogP contribution < -0.4 is 33.2 Å². The van der Waals surface area contributed by atoms with Crippen LogP contribution in [-0.4, -0.2) is 82.6 Å². The van der Waals surface area contributed by atoms with E-state index in [0.717, 1.165) is 0 Å². The zero-order valence-electron chi connectivity index (χ0n) is 13.0. The standard InChI is InChI=1S/C12H22N8O4/c13-2-3-16-10(21)24-5-6-7-12(19-8(14)18-7)11(22,23)1-4-20(12)9(15)17-6/h6-7,22-23H,1-5,13H2,(H6,14,15,16,17,18,19,21)/p+1. The molecule has 0 aromatic heterocycles. The molecule has 0 aliphatic carbocycles. The molecule has 1 saturated heterocycles. The van der Waals surface area contributed by atoms with Crippen LogP contribution in [0.4, 0.5) is 4.79 Å². The lowest BCUT2D eigenvalue weighted by Crippen LogP contribution is -2.77. The van der Waals surface area contributed by atoms with Gasteiger partial charge in [0.05, 0.1) is 6.54 Å². The lowest BCUT2D eigenvalue weighted by Gasteiger charge is -2.42. The molecule has 12 heteroatoms. The SMILES string of the molecule is NCCNC(=O)OCC1NC(N)=[N+]2CCC(O)(O)C23NC(N)=NC13. The summed E-state index contributed by atoms with van der Waals surface area (Å²) in [5.41, 5.74) is 15.7. The van der Waals surface area contributed by atoms with Gasteiger partial charge in [-0.2, -0.15) is 0 Å². The third-order valence-corrected chi connectivity index (χ3v) is 4.56. The van der Waals surface area contributed by atoms with Crippen molar-refractivity contribution >= 4 is 18.0 Å². The fourth-order valence-electron chi connectivity index (χ4n) is 3.52. The first-order valence-corrected chi connectivity index (χ1v) is 7.65. The van der Waals surface area contributed by atoms with Crippen LogP contribution in [0.1, 0.15) is 6.42 Å². The molecule has 1 amide bonds. The van der Waals surface area contributed by atoms with E-state index in [9.17, 15) is 15.0 Å². The van der Waals surface area contributed by atoms with Gasteiger partial charge in [0.15, 0.2) is 12.0 Å². The molecule has 0 aromatic carbocycles. The van der Waals surface area contributed by atoms with Crippen LogP contribution in [0.5, 0.6) is 0 Å². The molecule has 0 radical (unpaired) electrons. The zero-order chi connectivity index (χ0) is 17.5. The highest BCUT2D eigenvalue weighted by atomic mass is 16.5. The number of guanidine groups is 2. The van der Waals surface area contributed by atoms with E-state index < -0.39 is 29.6 Å². The summed E-state index contributed by atoms with van der Waals surface area (Å²) in [5, 5.41) is 29.3. The van der Waals surface area contributed by atoms with Crippen LogP contribution >= 0.6 is 0 Å². The summed E-state index contributed by atoms with van der Waals surface area (Å²) in [6.07, 6.45) is -0.572. The van der Waals surface area contributed by atoms with E-state index in [1.54, 1.807) is 4.58 Å². The number of ether oxygens (including phenoxy) is 1. The number of nitrogens with one attached hydrogen (secondary N) is 3. The molecule has 3 heterocycles. The average Bonchev–Trinajstić information content (AvgIpc) is 3.00. The average molecular weight is 343 g/mol. The van der Waals surface area contributed by atoms with Gasteiger partial charge in [-0.15, -0.1) is 0 Å². The fourth-order valence-corrected chi connectivity index (χ4v) is 3.52. The molecule has 3 rings (SSSR count). The second-order valence-corrected chi connectivity index (χ2v) is 6.02. The van der Waals surface area contributed by atoms with Crippen molar-refractivity contribution in [2.45, 2.75) is 30.0 Å². The van der Waals surface area contributed by atoms with Gasteiger partial charge < -0.3 is 37.1 Å². The van der Waals surface area contributed by atoms with Crippen molar-refractivity contribution in [1.82, 2.24) is 16.0 Å². The number of aliphatic hydroxyl groups is 2. The largest absolute Gasteiger partial charge is 0.446 e. The number of nitrogens with zero attached hydrogens (tertiary/aromatic N) is 2. The minimum absolute atomic E-state index is 0.0617. The van der Waals surface area contributed by atoms with Gasteiger partial charge in [-0.05, 0) is 0 Å². The molecule has 134 valence electrons. The maximum atomic E-state index is 11.6. The Hall–Kier alpha value is -2.31. The summed E-state index contributed by atoms with van der Waals surface area (Å²) in [6.45, 7) is 0.796. The number of hydrogen-bond acceptors (Lipinski definition) is 10. The van der Waals surface area contributed by atoms with Gasteiger partial charge in [0.2, 0.25) is 11.4 Å². The molecular weight excluding hydrogens is 320 g/mol. The fraction of sp³-hybridized carbons (Fsp3) is 0.750. The minimum Gasteiger partial charge on any atom is -0.446 e. The first-order valence-electron chi connectivity index (χ1n) is 7.65. The molecule has 3 unspecified atom stereocenters. The molecule has 11 N–H and O–H groups in total. The van der Waals surface area contributed by atoms with Gasteiger partial charge in [0.25, 0.3) is 0 Å². The van der Waals surface area contributed by atoms with Gasteiger partial charge >= 0.3 is 12.1 Å². The van der Waals surface area contributed by atoms with Gasteiger partial charge in [-0.25, -0.2) is 14.4 Å². The Morgan fingerprint density at radius 3 is 2.96 bits per heavy atom. The quantitative estimate of drug-likeness (QED) is 0.182. The van der Waals surface area contributed by atoms with E-state index >= 15 is 0 Å². The highest BCUT2D eigenvalue weighted by Crippen LogP contribution is 2.40. The molecule has 3 aliphatic rings. The molecule has 24 heavy (non-hydrogen) atoms. The normalized spacial score (nSPS) is 33.0. The van der Waals surface area contributed by atoms with Crippen LogP contribution in [0.15, 0.2) is 4.99 Å². The summed E-state index contributed by atoms with van der Waals surface area (Å²) < 4.78 is 6.72. The Morgan fingerprint density at radius 2 is 2.25 bits per heavy atom. The number of nitrogens with two attached hydrogens (primary N) is 3. The van der Waals surface area contributed by atoms with Crippen LogP contribution in [0.25, 0.3) is 0 Å². The molecule has 0 aromatic rings. The minimum atomic E-state index is -2.10. The van der Waals surface area contributed by atoms with E-state index in [1.165, 1.54) is 0 Å². The third-order valence-electron chi connectivity index (χ3n) is 4.56. The molecular formula is C12H23N8O4+. The van der Waals surface area contributed by atoms with E-state index in [2.05, 4.69) is 20.9 Å². The Balaban J connectivity index is 1.82. The molecule has 0 bridgehead atoms. The van der Waals surface area contributed by atoms with Crippen molar-refractivity contribution < 1.29 is 24.3 Å². The first-order chi connectivity index (χ1) is 11.3. The van der Waals surface area contributed by atoms with E-state index in [-0.39, 0.29) is 31.5 Å². The highest BCUT2D eigenvalue weighted by molar-refractivity contribution is 5.83. The number of aliphatic imine (C=N–C) groups is 1. The van der Waals surface area contributed by atoms with Gasteiger partial charge in [-0.3, -0.25) is 11.1 Å². The van der Waals surface area contributed by atoms with Gasteiger partial charge in [0.1, 0.15) is 12.6 Å². The molecule has 3 aliphatic heterocycles. The number of carbonyl (C=O) groups is 1. The predicted molar refractivity (Wildman–Crippen MR) is 82.7 cm³/mol. The van der Waals surface area contributed by atoms with Crippen molar-refractivity contribution in [3.63, 3.8) is 0 Å². The predicted octanol–water partition coefficient (Wildman–Crippen LogP) is -4.96. The Bertz CT molecular complexity index is 606. The lowest BCUT2D eigenvalue weighted by atomic mass is 9.87. The molecule has 3 atom stereocenters. The zero-order valence-corrected chi connectivity index (χ0v) is 13.0.